The number of sulfonamides is 1. The predicted molar refractivity (Wildman–Crippen MR) is 120 cm³/mol. The molecule has 1 aromatic carbocycles. The molecular formula is C22H22F5N3O4S. The van der Waals surface area contributed by atoms with Gasteiger partial charge in [-0.2, -0.15) is 13.2 Å². The number of alkyl halides is 5. The van der Waals surface area contributed by atoms with Gasteiger partial charge in [0, 0.05) is 54.5 Å². The van der Waals surface area contributed by atoms with Gasteiger partial charge in [0.15, 0.2) is 5.75 Å². The number of benzene rings is 1. The highest BCUT2D eigenvalue weighted by Crippen LogP contribution is 2.40. The molecular weight excluding hydrogens is 497 g/mol. The third-order valence-electron chi connectivity index (χ3n) is 5.75. The van der Waals surface area contributed by atoms with E-state index in [0.717, 1.165) is 0 Å². The van der Waals surface area contributed by atoms with Gasteiger partial charge in [-0.3, -0.25) is 9.52 Å². The van der Waals surface area contributed by atoms with Gasteiger partial charge in [0.25, 0.3) is 5.56 Å². The van der Waals surface area contributed by atoms with Gasteiger partial charge >= 0.3 is 6.18 Å². The average molecular weight is 519 g/mol. The monoisotopic (exact) mass is 519 g/mol. The molecule has 2 aromatic heterocycles. The van der Waals surface area contributed by atoms with Crippen molar-refractivity contribution in [3.8, 4) is 16.9 Å². The summed E-state index contributed by atoms with van der Waals surface area (Å²) in [6.45, 7) is 0. The van der Waals surface area contributed by atoms with Crippen molar-refractivity contribution in [2.75, 3.05) is 10.5 Å². The molecule has 4 rings (SSSR count). The lowest BCUT2D eigenvalue weighted by Crippen LogP contribution is -2.31. The molecule has 2 heterocycles. The van der Waals surface area contributed by atoms with Gasteiger partial charge in [-0.1, -0.05) is 0 Å². The summed E-state index contributed by atoms with van der Waals surface area (Å²) in [5, 5.41) is 0.475. The van der Waals surface area contributed by atoms with Crippen molar-refractivity contribution >= 4 is 26.6 Å². The van der Waals surface area contributed by atoms with E-state index in [9.17, 15) is 35.2 Å². The standard InChI is InChI=1S/C22H22F5N3O4S/c1-30-11-17(15-6-9-28-19(15)20(30)31)16-10-13(29-35(32,33)12-22(25,26)27)2-3-18(16)34-14-4-7-21(23,24)8-5-14/h2-3,6,9-11,14,28-29H,4-5,7-8,12H2,1H3. The Morgan fingerprint density at radius 2 is 1.86 bits per heavy atom. The average Bonchev–Trinajstić information content (AvgIpc) is 3.21. The molecule has 1 aliphatic carbocycles. The van der Waals surface area contributed by atoms with E-state index in [2.05, 4.69) is 4.98 Å². The third kappa shape index (κ3) is 5.77. The largest absolute Gasteiger partial charge is 0.490 e. The number of pyridine rings is 1. The van der Waals surface area contributed by atoms with Gasteiger partial charge in [-0.25, -0.2) is 17.2 Å². The van der Waals surface area contributed by atoms with Crippen LogP contribution in [0.5, 0.6) is 5.75 Å². The molecule has 0 atom stereocenters. The van der Waals surface area contributed by atoms with E-state index in [1.54, 1.807) is 6.07 Å². The molecule has 1 fully saturated rings. The zero-order valence-electron chi connectivity index (χ0n) is 18.5. The maximum absolute atomic E-state index is 13.6. The second-order valence-corrected chi connectivity index (χ2v) is 10.3. The van der Waals surface area contributed by atoms with Crippen LogP contribution in [0.3, 0.4) is 0 Å². The lowest BCUT2D eigenvalue weighted by Gasteiger charge is -2.29. The van der Waals surface area contributed by atoms with E-state index < -0.39 is 34.0 Å². The Morgan fingerprint density at radius 3 is 2.51 bits per heavy atom. The van der Waals surface area contributed by atoms with Crippen molar-refractivity contribution in [1.29, 1.82) is 0 Å². The molecule has 0 aliphatic heterocycles. The van der Waals surface area contributed by atoms with Crippen LogP contribution in [0.15, 0.2) is 41.5 Å². The molecule has 0 saturated heterocycles. The first kappa shape index (κ1) is 25.0. The van der Waals surface area contributed by atoms with Crippen LogP contribution in [0.25, 0.3) is 22.0 Å². The number of rotatable bonds is 6. The molecule has 0 unspecified atom stereocenters. The highest BCUT2D eigenvalue weighted by Gasteiger charge is 2.37. The Labute approximate surface area is 197 Å². The quantitative estimate of drug-likeness (QED) is 0.458. The van der Waals surface area contributed by atoms with Crippen molar-refractivity contribution < 1.29 is 35.1 Å². The van der Waals surface area contributed by atoms with Crippen molar-refractivity contribution in [2.45, 2.75) is 43.9 Å². The van der Waals surface area contributed by atoms with Gasteiger partial charge in [0.1, 0.15) is 11.3 Å². The SMILES string of the molecule is Cn1cc(-c2cc(NS(=O)(=O)CC(F)(F)F)ccc2OC2CCC(F)(F)CC2)c2cc[nH]c2c1=O. The van der Waals surface area contributed by atoms with Crippen molar-refractivity contribution in [1.82, 2.24) is 9.55 Å². The van der Waals surface area contributed by atoms with E-state index in [1.165, 1.54) is 42.2 Å². The number of aromatic nitrogens is 2. The molecule has 3 aromatic rings. The fourth-order valence-electron chi connectivity index (χ4n) is 4.13. The third-order valence-corrected chi connectivity index (χ3v) is 7.00. The molecule has 0 bridgehead atoms. The molecule has 13 heteroatoms. The van der Waals surface area contributed by atoms with Crippen LogP contribution in [-0.4, -0.2) is 41.9 Å². The van der Waals surface area contributed by atoms with Crippen LogP contribution in [-0.2, 0) is 17.1 Å². The second-order valence-electron chi connectivity index (χ2n) is 8.59. The Balaban J connectivity index is 1.77. The maximum atomic E-state index is 13.6. The first-order chi connectivity index (χ1) is 16.2. The van der Waals surface area contributed by atoms with Crippen LogP contribution < -0.4 is 15.0 Å². The molecule has 0 amide bonds. The van der Waals surface area contributed by atoms with Gasteiger partial charge in [0.2, 0.25) is 15.9 Å². The van der Waals surface area contributed by atoms with Gasteiger partial charge in [0.05, 0.1) is 6.10 Å². The van der Waals surface area contributed by atoms with E-state index in [0.29, 0.717) is 10.9 Å². The molecule has 1 saturated carbocycles. The summed E-state index contributed by atoms with van der Waals surface area (Å²) in [7, 11) is -3.25. The number of hydrogen-bond donors (Lipinski definition) is 2. The fraction of sp³-hybridized carbons (Fsp3) is 0.409. The minimum atomic E-state index is -4.93. The molecule has 1 aliphatic rings. The van der Waals surface area contributed by atoms with Gasteiger partial charge in [-0.15, -0.1) is 0 Å². The Kier molecular flexibility index (Phi) is 6.32. The van der Waals surface area contributed by atoms with Gasteiger partial charge < -0.3 is 14.3 Å². The molecule has 190 valence electrons. The summed E-state index contributed by atoms with van der Waals surface area (Å²) >= 11 is 0. The number of H-pyrrole nitrogens is 1. The maximum Gasteiger partial charge on any atom is 0.404 e. The normalized spacial score (nSPS) is 17.0. The number of ether oxygens (including phenoxy) is 1. The Morgan fingerprint density at radius 1 is 1.17 bits per heavy atom. The topological polar surface area (TPSA) is 93.2 Å². The molecule has 0 spiro atoms. The first-order valence-electron chi connectivity index (χ1n) is 10.7. The number of nitrogens with one attached hydrogen (secondary N) is 2. The van der Waals surface area contributed by atoms with Crippen molar-refractivity contribution in [2.24, 2.45) is 7.05 Å². The smallest absolute Gasteiger partial charge is 0.404 e. The minimum Gasteiger partial charge on any atom is -0.490 e. The van der Waals surface area contributed by atoms with Crippen LogP contribution in [0.1, 0.15) is 25.7 Å². The summed E-state index contributed by atoms with van der Waals surface area (Å²) in [4.78, 5) is 15.3. The number of aromatic amines is 1. The number of anilines is 1. The van der Waals surface area contributed by atoms with Crippen LogP contribution in [0.4, 0.5) is 27.6 Å². The number of aryl methyl sites for hydroxylation is 1. The number of fused-ring (bicyclic) bond motifs is 1. The van der Waals surface area contributed by atoms with Crippen LogP contribution >= 0.6 is 0 Å². The van der Waals surface area contributed by atoms with E-state index >= 15 is 0 Å². The first-order valence-corrected chi connectivity index (χ1v) is 12.3. The summed E-state index contributed by atoms with van der Waals surface area (Å²) in [6, 6.07) is 5.53. The van der Waals surface area contributed by atoms with E-state index in [4.69, 9.17) is 4.74 Å². The number of halogens is 5. The Hall–Kier alpha value is -3.09. The minimum absolute atomic E-state index is 0.0965. The zero-order chi connectivity index (χ0) is 25.6. The summed E-state index contributed by atoms with van der Waals surface area (Å²) in [6.07, 6.45) is -2.93. The highest BCUT2D eigenvalue weighted by molar-refractivity contribution is 7.92. The van der Waals surface area contributed by atoms with Crippen LogP contribution in [0, 0.1) is 0 Å². The highest BCUT2D eigenvalue weighted by atomic mass is 32.2. The lowest BCUT2D eigenvalue weighted by molar-refractivity contribution is -0.106. The molecule has 7 nitrogen and oxygen atoms in total. The van der Waals surface area contributed by atoms with Crippen molar-refractivity contribution in [3.63, 3.8) is 0 Å². The summed E-state index contributed by atoms with van der Waals surface area (Å²) < 4.78 is 98.4. The fourth-order valence-corrected chi connectivity index (χ4v) is 5.12. The molecule has 0 radical (unpaired) electrons. The summed E-state index contributed by atoms with van der Waals surface area (Å²) in [5.41, 5.74) is 0.513. The van der Waals surface area contributed by atoms with Gasteiger partial charge in [-0.05, 0) is 37.1 Å². The van der Waals surface area contributed by atoms with Crippen molar-refractivity contribution in [3.05, 3.63) is 47.0 Å². The molecule has 2 N–H and O–H groups in total. The van der Waals surface area contributed by atoms with E-state index in [-0.39, 0.29) is 53.8 Å². The molecule has 35 heavy (non-hydrogen) atoms. The number of nitrogens with zero attached hydrogens (tertiary/aromatic N) is 1. The Bertz CT molecular complexity index is 1400. The number of hydrogen-bond acceptors (Lipinski definition) is 4. The second kappa shape index (κ2) is 8.85. The van der Waals surface area contributed by atoms with Crippen LogP contribution in [0.2, 0.25) is 0 Å². The van der Waals surface area contributed by atoms with E-state index in [1.807, 2.05) is 4.72 Å². The zero-order valence-corrected chi connectivity index (χ0v) is 19.3. The lowest BCUT2D eigenvalue weighted by atomic mass is 9.94. The summed E-state index contributed by atoms with van der Waals surface area (Å²) in [5.74, 6) is -4.61. The predicted octanol–water partition coefficient (Wildman–Crippen LogP) is 4.79.